The summed E-state index contributed by atoms with van der Waals surface area (Å²) in [6.45, 7) is 14.7. The zero-order chi connectivity index (χ0) is 13.4. The van der Waals surface area contributed by atoms with Crippen LogP contribution >= 0.6 is 0 Å². The Bertz CT molecular complexity index is 534. The second-order valence-electron chi connectivity index (χ2n) is 3.47. The Morgan fingerprint density at radius 2 is 1.78 bits per heavy atom. The van der Waals surface area contributed by atoms with Crippen molar-refractivity contribution in [3.63, 3.8) is 0 Å². The normalized spacial score (nSPS) is 11.2. The highest BCUT2D eigenvalue weighted by molar-refractivity contribution is 5.73. The Morgan fingerprint density at radius 3 is 2.39 bits per heavy atom. The van der Waals surface area contributed by atoms with Gasteiger partial charge >= 0.3 is 0 Å². The smallest absolute Gasteiger partial charge is 0.0935 e. The minimum Gasteiger partial charge on any atom is -0.151 e. The van der Waals surface area contributed by atoms with Gasteiger partial charge in [-0.25, -0.2) is 0 Å². The Labute approximate surface area is 108 Å². The molecule has 0 saturated heterocycles. The molecular weight excluding hydrogens is 220 g/mol. The SMILES string of the molecule is C=C/C=C(/N=NC(=C)C=C)c1ccccc1C=C. The zero-order valence-corrected chi connectivity index (χ0v) is 10.3. The largest absolute Gasteiger partial charge is 0.151 e. The highest BCUT2D eigenvalue weighted by atomic mass is 15.1. The van der Waals surface area contributed by atoms with Crippen LogP contribution in [0, 0.1) is 0 Å². The molecule has 0 aliphatic carbocycles. The van der Waals surface area contributed by atoms with Crippen LogP contribution in [0.3, 0.4) is 0 Å². The lowest BCUT2D eigenvalue weighted by atomic mass is 10.0. The van der Waals surface area contributed by atoms with E-state index in [9.17, 15) is 0 Å². The van der Waals surface area contributed by atoms with Gasteiger partial charge in [-0.3, -0.25) is 0 Å². The summed E-state index contributed by atoms with van der Waals surface area (Å²) >= 11 is 0. The van der Waals surface area contributed by atoms with Crippen molar-refractivity contribution in [3.05, 3.63) is 85.6 Å². The minimum absolute atomic E-state index is 0.515. The number of hydrogen-bond donors (Lipinski definition) is 0. The molecule has 1 rings (SSSR count). The van der Waals surface area contributed by atoms with Crippen LogP contribution in [0.15, 0.2) is 84.7 Å². The van der Waals surface area contributed by atoms with E-state index in [1.165, 1.54) is 0 Å². The van der Waals surface area contributed by atoms with Crippen LogP contribution in [0.4, 0.5) is 0 Å². The molecule has 0 spiro atoms. The van der Waals surface area contributed by atoms with Crippen molar-refractivity contribution in [2.75, 3.05) is 0 Å². The fourth-order valence-electron chi connectivity index (χ4n) is 1.36. The van der Waals surface area contributed by atoms with Crippen LogP contribution in [-0.2, 0) is 0 Å². The zero-order valence-electron chi connectivity index (χ0n) is 10.3. The van der Waals surface area contributed by atoms with Crippen molar-refractivity contribution < 1.29 is 0 Å². The molecule has 2 nitrogen and oxygen atoms in total. The number of hydrogen-bond acceptors (Lipinski definition) is 2. The van der Waals surface area contributed by atoms with E-state index in [0.29, 0.717) is 11.4 Å². The van der Waals surface area contributed by atoms with Crippen molar-refractivity contribution in [2.24, 2.45) is 10.2 Å². The Kier molecular flexibility index (Phi) is 5.26. The van der Waals surface area contributed by atoms with E-state index in [1.807, 2.05) is 24.3 Å². The minimum atomic E-state index is 0.515. The van der Waals surface area contributed by atoms with E-state index in [1.54, 1.807) is 24.3 Å². The summed E-state index contributed by atoms with van der Waals surface area (Å²) in [6.07, 6.45) is 6.80. The van der Waals surface area contributed by atoms with Gasteiger partial charge in [0.05, 0.1) is 11.4 Å². The molecule has 0 fully saturated rings. The van der Waals surface area contributed by atoms with Crippen molar-refractivity contribution >= 4 is 11.8 Å². The molecule has 0 bridgehead atoms. The Hall–Kier alpha value is -2.48. The molecule has 1 aromatic carbocycles. The maximum Gasteiger partial charge on any atom is 0.0935 e. The molecular formula is C16H16N2. The van der Waals surface area contributed by atoms with Gasteiger partial charge < -0.3 is 0 Å². The monoisotopic (exact) mass is 236 g/mol. The van der Waals surface area contributed by atoms with E-state index < -0.39 is 0 Å². The van der Waals surface area contributed by atoms with Gasteiger partial charge in [0.2, 0.25) is 0 Å². The van der Waals surface area contributed by atoms with Crippen molar-refractivity contribution in [2.45, 2.75) is 0 Å². The average Bonchev–Trinajstić information content (AvgIpc) is 2.43. The molecule has 0 saturated carbocycles. The summed E-state index contributed by atoms with van der Waals surface area (Å²) in [5.41, 5.74) is 3.17. The lowest BCUT2D eigenvalue weighted by Gasteiger charge is -2.04. The summed E-state index contributed by atoms with van der Waals surface area (Å²) in [5, 5.41) is 8.13. The molecule has 0 unspecified atom stereocenters. The van der Waals surface area contributed by atoms with Gasteiger partial charge in [-0.15, -0.1) is 5.11 Å². The molecule has 0 amide bonds. The molecule has 18 heavy (non-hydrogen) atoms. The summed E-state index contributed by atoms with van der Waals surface area (Å²) in [5.74, 6) is 0. The van der Waals surface area contributed by atoms with Crippen LogP contribution in [0.25, 0.3) is 11.8 Å². The van der Waals surface area contributed by atoms with Crippen molar-refractivity contribution in [1.29, 1.82) is 0 Å². The highest BCUT2D eigenvalue weighted by Crippen LogP contribution is 2.22. The summed E-state index contributed by atoms with van der Waals surface area (Å²) in [4.78, 5) is 0. The summed E-state index contributed by atoms with van der Waals surface area (Å²) in [7, 11) is 0. The van der Waals surface area contributed by atoms with Gasteiger partial charge in [0, 0.05) is 5.56 Å². The molecule has 0 radical (unpaired) electrons. The van der Waals surface area contributed by atoms with Gasteiger partial charge in [0.1, 0.15) is 0 Å². The second kappa shape index (κ2) is 6.97. The first-order valence-electron chi connectivity index (χ1n) is 5.50. The Balaban J connectivity index is 3.21. The third-order valence-corrected chi connectivity index (χ3v) is 2.25. The van der Waals surface area contributed by atoms with Crippen molar-refractivity contribution in [1.82, 2.24) is 0 Å². The molecule has 90 valence electrons. The molecule has 0 N–H and O–H groups in total. The lowest BCUT2D eigenvalue weighted by molar-refractivity contribution is 1.18. The number of rotatable bonds is 6. The predicted molar refractivity (Wildman–Crippen MR) is 78.9 cm³/mol. The number of benzene rings is 1. The molecule has 2 heteroatoms. The van der Waals surface area contributed by atoms with Crippen LogP contribution in [0.5, 0.6) is 0 Å². The van der Waals surface area contributed by atoms with E-state index in [0.717, 1.165) is 11.1 Å². The first-order valence-corrected chi connectivity index (χ1v) is 5.50. The average molecular weight is 236 g/mol. The second-order valence-corrected chi connectivity index (χ2v) is 3.47. The first-order chi connectivity index (χ1) is 8.72. The maximum absolute atomic E-state index is 4.16. The van der Waals surface area contributed by atoms with Crippen LogP contribution in [-0.4, -0.2) is 0 Å². The fraction of sp³-hybridized carbons (Fsp3) is 0. The van der Waals surface area contributed by atoms with E-state index in [4.69, 9.17) is 0 Å². The fourth-order valence-corrected chi connectivity index (χ4v) is 1.36. The van der Waals surface area contributed by atoms with Crippen LogP contribution in [0.2, 0.25) is 0 Å². The number of nitrogens with zero attached hydrogens (tertiary/aromatic N) is 2. The quantitative estimate of drug-likeness (QED) is 0.490. The van der Waals surface area contributed by atoms with Gasteiger partial charge in [-0.05, 0) is 17.7 Å². The van der Waals surface area contributed by atoms with Gasteiger partial charge in [0.15, 0.2) is 0 Å². The number of azo groups is 1. The molecule has 0 aliphatic rings. The third kappa shape index (κ3) is 3.52. The molecule has 0 aliphatic heterocycles. The van der Waals surface area contributed by atoms with Gasteiger partial charge in [-0.2, -0.15) is 5.11 Å². The van der Waals surface area contributed by atoms with E-state index in [-0.39, 0.29) is 0 Å². The summed E-state index contributed by atoms with van der Waals surface area (Å²) < 4.78 is 0. The van der Waals surface area contributed by atoms with Gasteiger partial charge in [-0.1, -0.05) is 62.7 Å². The third-order valence-electron chi connectivity index (χ3n) is 2.25. The molecule has 0 heterocycles. The van der Waals surface area contributed by atoms with E-state index >= 15 is 0 Å². The Morgan fingerprint density at radius 1 is 1.06 bits per heavy atom. The molecule has 0 atom stereocenters. The first kappa shape index (κ1) is 13.6. The maximum atomic E-state index is 4.16. The topological polar surface area (TPSA) is 24.7 Å². The van der Waals surface area contributed by atoms with Crippen LogP contribution in [0.1, 0.15) is 11.1 Å². The predicted octanol–water partition coefficient (Wildman–Crippen LogP) is 5.01. The van der Waals surface area contributed by atoms with Crippen molar-refractivity contribution in [3.8, 4) is 0 Å². The summed E-state index contributed by atoms with van der Waals surface area (Å²) in [6, 6.07) is 7.82. The molecule has 1 aromatic rings. The standard InChI is InChI=1S/C16H16N2/c1-5-10-16(18-17-13(4)6-2)15-12-9-8-11-14(15)7-3/h5-12H,1-4H2/b16-10+,18-17?. The molecule has 0 aromatic heterocycles. The highest BCUT2D eigenvalue weighted by Gasteiger charge is 2.03. The van der Waals surface area contributed by atoms with Crippen LogP contribution < -0.4 is 0 Å². The van der Waals surface area contributed by atoms with Gasteiger partial charge in [0.25, 0.3) is 0 Å². The lowest BCUT2D eigenvalue weighted by Crippen LogP contribution is -1.85. The number of allylic oxidation sites excluding steroid dienone is 3. The van der Waals surface area contributed by atoms with E-state index in [2.05, 4.69) is 36.5 Å².